The summed E-state index contributed by atoms with van der Waals surface area (Å²) in [6.07, 6.45) is 0. The van der Waals surface area contributed by atoms with Gasteiger partial charge in [-0.3, -0.25) is 0 Å². The SMILES string of the molecule is CC(C)=C[SiH](CCNC(C)C)[Si](C)(C)C. The van der Waals surface area contributed by atoms with Crippen LogP contribution >= 0.6 is 0 Å². The molecule has 0 aromatic heterocycles. The molecule has 0 aliphatic carbocycles. The van der Waals surface area contributed by atoms with Gasteiger partial charge in [0.15, 0.2) is 0 Å². The zero-order valence-corrected chi connectivity index (χ0v) is 13.8. The zero-order valence-electron chi connectivity index (χ0n) is 11.6. The van der Waals surface area contributed by atoms with E-state index in [4.69, 9.17) is 0 Å². The second-order valence-corrected chi connectivity index (χ2v) is 20.4. The molecule has 0 aromatic carbocycles. The lowest BCUT2D eigenvalue weighted by Gasteiger charge is -2.26. The fourth-order valence-electron chi connectivity index (χ4n) is 1.70. The van der Waals surface area contributed by atoms with Gasteiger partial charge in [0.2, 0.25) is 0 Å². The average Bonchev–Trinajstić information content (AvgIpc) is 1.99. The smallest absolute Gasteiger partial charge is 0.0564 e. The highest BCUT2D eigenvalue weighted by Crippen LogP contribution is 2.13. The molecule has 0 aromatic rings. The van der Waals surface area contributed by atoms with Gasteiger partial charge < -0.3 is 5.32 Å². The molecule has 0 radical (unpaired) electrons. The predicted molar refractivity (Wildman–Crippen MR) is 77.9 cm³/mol. The van der Waals surface area contributed by atoms with Gasteiger partial charge in [-0.1, -0.05) is 39.1 Å². The molecule has 0 saturated carbocycles. The van der Waals surface area contributed by atoms with Crippen molar-refractivity contribution in [1.29, 1.82) is 0 Å². The first-order valence-electron chi connectivity index (χ1n) is 6.12. The van der Waals surface area contributed by atoms with Crippen LogP contribution in [-0.4, -0.2) is 28.5 Å². The van der Waals surface area contributed by atoms with Gasteiger partial charge in [0, 0.05) is 13.6 Å². The molecule has 90 valence electrons. The van der Waals surface area contributed by atoms with Crippen molar-refractivity contribution in [2.75, 3.05) is 6.54 Å². The fraction of sp³-hybridized carbons (Fsp3) is 0.833. The average molecular weight is 244 g/mol. The first-order valence-corrected chi connectivity index (χ1v) is 12.9. The Balaban J connectivity index is 4.22. The Labute approximate surface area is 98.8 Å². The summed E-state index contributed by atoms with van der Waals surface area (Å²) < 4.78 is 0. The summed E-state index contributed by atoms with van der Waals surface area (Å²) in [7, 11) is -1.52. The van der Waals surface area contributed by atoms with Crippen LogP contribution in [0.15, 0.2) is 11.3 Å². The molecule has 0 aliphatic heterocycles. The molecule has 1 N–H and O–H groups in total. The third-order valence-electron chi connectivity index (χ3n) is 2.65. The van der Waals surface area contributed by atoms with Gasteiger partial charge in [-0.2, -0.15) is 0 Å². The van der Waals surface area contributed by atoms with E-state index < -0.39 is 15.9 Å². The molecule has 0 heterocycles. The lowest BCUT2D eigenvalue weighted by molar-refractivity contribution is 0.611. The van der Waals surface area contributed by atoms with E-state index in [0.29, 0.717) is 6.04 Å². The maximum Gasteiger partial charge on any atom is 0.0564 e. The van der Waals surface area contributed by atoms with Crippen LogP contribution in [0.25, 0.3) is 0 Å². The first-order chi connectivity index (χ1) is 6.73. The molecule has 0 spiro atoms. The molecule has 0 bridgehead atoms. The highest BCUT2D eigenvalue weighted by atomic mass is 29.2. The second-order valence-electron chi connectivity index (χ2n) is 6.11. The van der Waals surface area contributed by atoms with Crippen molar-refractivity contribution < 1.29 is 0 Å². The van der Waals surface area contributed by atoms with E-state index in [9.17, 15) is 0 Å². The van der Waals surface area contributed by atoms with E-state index in [1.54, 1.807) is 0 Å². The molecule has 0 aliphatic rings. The minimum Gasteiger partial charge on any atom is -0.315 e. The molecule has 0 amide bonds. The summed E-state index contributed by atoms with van der Waals surface area (Å²) in [6, 6.07) is 2.06. The fourth-order valence-corrected chi connectivity index (χ4v) is 10.0. The standard InChI is InChI=1S/C12H29NSi2/c1-11(2)10-14(15(5,6)7)9-8-13-12(3)4/h10,12-14H,8-9H2,1-7H3. The van der Waals surface area contributed by atoms with Crippen LogP contribution in [0.3, 0.4) is 0 Å². The van der Waals surface area contributed by atoms with Gasteiger partial charge in [0.05, 0.1) is 8.31 Å². The summed E-state index contributed by atoms with van der Waals surface area (Å²) in [6.45, 7) is 17.7. The third kappa shape index (κ3) is 7.99. The van der Waals surface area contributed by atoms with Crippen molar-refractivity contribution in [3.05, 3.63) is 11.3 Å². The number of nitrogens with one attached hydrogen (secondary N) is 1. The van der Waals surface area contributed by atoms with Crippen molar-refractivity contribution in [3.63, 3.8) is 0 Å². The molecular weight excluding hydrogens is 214 g/mol. The largest absolute Gasteiger partial charge is 0.315 e. The van der Waals surface area contributed by atoms with Gasteiger partial charge in [-0.05, 0) is 26.4 Å². The van der Waals surface area contributed by atoms with Gasteiger partial charge >= 0.3 is 0 Å². The van der Waals surface area contributed by atoms with Gasteiger partial charge in [-0.25, -0.2) is 0 Å². The van der Waals surface area contributed by atoms with Crippen LogP contribution in [0.4, 0.5) is 0 Å². The third-order valence-corrected chi connectivity index (χ3v) is 14.9. The minimum absolute atomic E-state index is 0.624. The molecule has 3 heteroatoms. The van der Waals surface area contributed by atoms with E-state index in [0.717, 1.165) is 0 Å². The summed E-state index contributed by atoms with van der Waals surface area (Å²) in [5.74, 6) is 0. The highest BCUT2D eigenvalue weighted by Gasteiger charge is 2.25. The topological polar surface area (TPSA) is 12.0 Å². The Morgan fingerprint density at radius 2 is 1.80 bits per heavy atom. The van der Waals surface area contributed by atoms with Crippen LogP contribution in [0, 0.1) is 0 Å². The van der Waals surface area contributed by atoms with E-state index in [1.165, 1.54) is 18.2 Å². The Morgan fingerprint density at radius 1 is 1.27 bits per heavy atom. The summed E-state index contributed by atoms with van der Waals surface area (Å²) in [4.78, 5) is 0. The van der Waals surface area contributed by atoms with Crippen LogP contribution in [0.1, 0.15) is 27.7 Å². The lowest BCUT2D eigenvalue weighted by Crippen LogP contribution is -2.43. The van der Waals surface area contributed by atoms with Crippen molar-refractivity contribution in [2.45, 2.75) is 59.4 Å². The molecule has 1 atom stereocenters. The normalized spacial score (nSPS) is 14.1. The molecule has 1 unspecified atom stereocenters. The highest BCUT2D eigenvalue weighted by molar-refractivity contribution is 7.33. The number of hydrogen-bond donors (Lipinski definition) is 1. The van der Waals surface area contributed by atoms with Crippen LogP contribution < -0.4 is 5.32 Å². The van der Waals surface area contributed by atoms with Crippen molar-refractivity contribution in [3.8, 4) is 0 Å². The molecule has 0 fully saturated rings. The Bertz CT molecular complexity index is 200. The van der Waals surface area contributed by atoms with Crippen molar-refractivity contribution in [1.82, 2.24) is 5.32 Å². The summed E-state index contributed by atoms with van der Waals surface area (Å²) in [5, 5.41) is 3.55. The molecule has 1 nitrogen and oxygen atoms in total. The Morgan fingerprint density at radius 3 is 2.13 bits per heavy atom. The van der Waals surface area contributed by atoms with Crippen molar-refractivity contribution >= 4 is 15.9 Å². The molecule has 15 heavy (non-hydrogen) atoms. The van der Waals surface area contributed by atoms with Gasteiger partial charge in [0.1, 0.15) is 0 Å². The maximum absolute atomic E-state index is 3.55. The number of allylic oxidation sites excluding steroid dienone is 1. The molecule has 0 rings (SSSR count). The zero-order chi connectivity index (χ0) is 12.1. The van der Waals surface area contributed by atoms with E-state index >= 15 is 0 Å². The molecular formula is C12H29NSi2. The predicted octanol–water partition coefficient (Wildman–Crippen LogP) is 3.13. The summed E-state index contributed by atoms with van der Waals surface area (Å²) >= 11 is 0. The van der Waals surface area contributed by atoms with Gasteiger partial charge in [-0.15, -0.1) is 5.70 Å². The number of rotatable bonds is 6. The summed E-state index contributed by atoms with van der Waals surface area (Å²) in [5.41, 5.74) is 4.15. The van der Waals surface area contributed by atoms with E-state index in [-0.39, 0.29) is 0 Å². The second kappa shape index (κ2) is 6.66. The van der Waals surface area contributed by atoms with Gasteiger partial charge in [0.25, 0.3) is 0 Å². The maximum atomic E-state index is 3.55. The first kappa shape index (κ1) is 15.1. The van der Waals surface area contributed by atoms with Crippen LogP contribution in [-0.2, 0) is 0 Å². The van der Waals surface area contributed by atoms with Crippen molar-refractivity contribution in [2.24, 2.45) is 0 Å². The van der Waals surface area contributed by atoms with E-state index in [1.807, 2.05) is 0 Å². The quantitative estimate of drug-likeness (QED) is 0.707. The van der Waals surface area contributed by atoms with Crippen LogP contribution in [0.5, 0.6) is 0 Å². The number of hydrogen-bond acceptors (Lipinski definition) is 1. The Hall–Kier alpha value is 0.134. The van der Waals surface area contributed by atoms with E-state index in [2.05, 4.69) is 58.4 Å². The Kier molecular flexibility index (Phi) is 6.72. The monoisotopic (exact) mass is 243 g/mol. The van der Waals surface area contributed by atoms with Crippen LogP contribution in [0.2, 0.25) is 25.7 Å². The molecule has 0 saturated heterocycles. The lowest BCUT2D eigenvalue weighted by atomic mass is 10.4. The minimum atomic E-state index is -0.899.